The van der Waals surface area contributed by atoms with Gasteiger partial charge in [-0.15, -0.1) is 11.3 Å². The lowest BCUT2D eigenvalue weighted by molar-refractivity contribution is -0.141. The zero-order valence-corrected chi connectivity index (χ0v) is 19.7. The third-order valence-electron chi connectivity index (χ3n) is 6.11. The Bertz CT molecular complexity index is 1030. The van der Waals surface area contributed by atoms with Crippen LogP contribution in [0, 0.1) is 0 Å². The molecule has 33 heavy (non-hydrogen) atoms. The molecule has 0 saturated heterocycles. The third kappa shape index (κ3) is 6.02. The Hall–Kier alpha value is -3.12. The van der Waals surface area contributed by atoms with Crippen LogP contribution in [0.25, 0.3) is 0 Å². The molecule has 3 aromatic rings. The lowest BCUT2D eigenvalue weighted by Gasteiger charge is -2.32. The first-order valence-corrected chi connectivity index (χ1v) is 12.3. The number of nitrogens with zero attached hydrogens (tertiary/aromatic N) is 1. The molecule has 0 bridgehead atoms. The topological polar surface area (TPSA) is 58.6 Å². The third-order valence-corrected chi connectivity index (χ3v) is 6.99. The maximum atomic E-state index is 13.6. The summed E-state index contributed by atoms with van der Waals surface area (Å²) in [6, 6.07) is 20.7. The van der Waals surface area contributed by atoms with Crippen molar-refractivity contribution in [1.82, 2.24) is 10.2 Å². The highest BCUT2D eigenvalue weighted by atomic mass is 32.1. The fourth-order valence-electron chi connectivity index (χ4n) is 4.37. The molecule has 1 saturated carbocycles. The van der Waals surface area contributed by atoms with E-state index >= 15 is 0 Å². The van der Waals surface area contributed by atoms with Gasteiger partial charge in [-0.2, -0.15) is 0 Å². The summed E-state index contributed by atoms with van der Waals surface area (Å²) in [4.78, 5) is 30.0. The average molecular weight is 463 g/mol. The van der Waals surface area contributed by atoms with E-state index < -0.39 is 6.04 Å². The zero-order chi connectivity index (χ0) is 23.0. The lowest BCUT2D eigenvalue weighted by Crippen LogP contribution is -2.46. The van der Waals surface area contributed by atoms with Crippen molar-refractivity contribution in [3.63, 3.8) is 0 Å². The number of hydrogen-bond donors (Lipinski definition) is 1. The van der Waals surface area contributed by atoms with Crippen molar-refractivity contribution in [2.24, 2.45) is 0 Å². The van der Waals surface area contributed by atoms with E-state index in [9.17, 15) is 9.59 Å². The Kier molecular flexibility index (Phi) is 7.79. The number of carbonyl (C=O) groups excluding carboxylic acids is 2. The van der Waals surface area contributed by atoms with E-state index in [1.165, 1.54) is 0 Å². The van der Waals surface area contributed by atoms with Crippen molar-refractivity contribution in [2.75, 3.05) is 7.11 Å². The van der Waals surface area contributed by atoms with Gasteiger partial charge < -0.3 is 15.0 Å². The standard InChI is InChI=1S/C27H30N2O3S/c1-32-23-15-13-20(14-16-23)19-29(25(30)18-24-12-7-17-33-24)26(21-8-3-2-4-9-21)27(31)28-22-10-5-6-11-22/h2-4,7-9,12-17,22,26H,5-6,10-11,18-19H2,1H3,(H,28,31). The summed E-state index contributed by atoms with van der Waals surface area (Å²) in [5.74, 6) is 0.582. The van der Waals surface area contributed by atoms with Gasteiger partial charge in [-0.05, 0) is 47.5 Å². The molecule has 6 heteroatoms. The van der Waals surface area contributed by atoms with E-state index in [1.807, 2.05) is 72.1 Å². The van der Waals surface area contributed by atoms with E-state index in [2.05, 4.69) is 5.32 Å². The van der Waals surface area contributed by atoms with Crippen LogP contribution >= 0.6 is 11.3 Å². The van der Waals surface area contributed by atoms with Gasteiger partial charge in [0.05, 0.1) is 13.5 Å². The minimum absolute atomic E-state index is 0.0660. The van der Waals surface area contributed by atoms with E-state index in [-0.39, 0.29) is 24.3 Å². The van der Waals surface area contributed by atoms with Gasteiger partial charge in [-0.1, -0.05) is 61.4 Å². The van der Waals surface area contributed by atoms with Crippen LogP contribution in [0.2, 0.25) is 0 Å². The Labute approximate surface area is 199 Å². The Morgan fingerprint density at radius 1 is 1.03 bits per heavy atom. The Balaban J connectivity index is 1.66. The lowest BCUT2D eigenvalue weighted by atomic mass is 10.0. The van der Waals surface area contributed by atoms with Crippen LogP contribution in [-0.2, 0) is 22.6 Å². The predicted molar refractivity (Wildman–Crippen MR) is 131 cm³/mol. The van der Waals surface area contributed by atoms with E-state index in [0.29, 0.717) is 6.54 Å². The quantitative estimate of drug-likeness (QED) is 0.480. The number of ether oxygens (including phenoxy) is 1. The molecular weight excluding hydrogens is 432 g/mol. The van der Waals surface area contributed by atoms with Crippen LogP contribution in [0.1, 0.15) is 47.7 Å². The molecule has 2 aromatic carbocycles. The van der Waals surface area contributed by atoms with Crippen LogP contribution < -0.4 is 10.1 Å². The average Bonchev–Trinajstić information content (AvgIpc) is 3.54. The van der Waals surface area contributed by atoms with Crippen molar-refractivity contribution >= 4 is 23.2 Å². The molecule has 4 rings (SSSR count). The molecule has 0 spiro atoms. The first-order valence-electron chi connectivity index (χ1n) is 11.4. The number of carbonyl (C=O) groups is 2. The van der Waals surface area contributed by atoms with Crippen LogP contribution in [0.5, 0.6) is 5.75 Å². The summed E-state index contributed by atoms with van der Waals surface area (Å²) < 4.78 is 5.28. The fourth-order valence-corrected chi connectivity index (χ4v) is 5.07. The summed E-state index contributed by atoms with van der Waals surface area (Å²) >= 11 is 1.56. The van der Waals surface area contributed by atoms with Gasteiger partial charge in [0.15, 0.2) is 0 Å². The maximum absolute atomic E-state index is 13.6. The SMILES string of the molecule is COc1ccc(CN(C(=O)Cc2cccs2)C(C(=O)NC2CCCC2)c2ccccc2)cc1. The predicted octanol–water partition coefficient (Wildman–Crippen LogP) is 5.13. The number of rotatable bonds is 9. The molecule has 1 aliphatic carbocycles. The van der Waals surface area contributed by atoms with Crippen molar-refractivity contribution in [3.05, 3.63) is 88.1 Å². The van der Waals surface area contributed by atoms with Gasteiger partial charge in [0, 0.05) is 17.5 Å². The molecule has 172 valence electrons. The number of methoxy groups -OCH3 is 1. The molecule has 5 nitrogen and oxygen atoms in total. The van der Waals surface area contributed by atoms with Crippen molar-refractivity contribution in [2.45, 2.75) is 50.7 Å². The van der Waals surface area contributed by atoms with Crippen LogP contribution in [0.4, 0.5) is 0 Å². The number of amides is 2. The van der Waals surface area contributed by atoms with Gasteiger partial charge in [-0.25, -0.2) is 0 Å². The first kappa shape index (κ1) is 23.1. The summed E-state index contributed by atoms with van der Waals surface area (Å²) in [5.41, 5.74) is 1.77. The molecule has 1 aliphatic rings. The molecule has 0 aliphatic heterocycles. The molecule has 1 fully saturated rings. The van der Waals surface area contributed by atoms with Crippen LogP contribution in [-0.4, -0.2) is 29.9 Å². The monoisotopic (exact) mass is 462 g/mol. The summed E-state index contributed by atoms with van der Waals surface area (Å²) in [5, 5.41) is 5.20. The van der Waals surface area contributed by atoms with Crippen LogP contribution in [0.3, 0.4) is 0 Å². The normalized spacial score (nSPS) is 14.6. The van der Waals surface area contributed by atoms with Gasteiger partial charge in [0.1, 0.15) is 11.8 Å². The largest absolute Gasteiger partial charge is 0.497 e. The first-order chi connectivity index (χ1) is 16.1. The summed E-state index contributed by atoms with van der Waals surface area (Å²) in [6.07, 6.45) is 4.53. The second-order valence-electron chi connectivity index (χ2n) is 8.43. The molecule has 0 radical (unpaired) electrons. The number of nitrogens with one attached hydrogen (secondary N) is 1. The molecule has 1 aromatic heterocycles. The number of benzene rings is 2. The van der Waals surface area contributed by atoms with Gasteiger partial charge in [0.2, 0.25) is 11.8 Å². The summed E-state index contributed by atoms with van der Waals surface area (Å²) in [7, 11) is 1.63. The van der Waals surface area contributed by atoms with E-state index in [1.54, 1.807) is 23.3 Å². The van der Waals surface area contributed by atoms with E-state index in [4.69, 9.17) is 4.74 Å². The number of thiophene rings is 1. The Morgan fingerprint density at radius 3 is 2.39 bits per heavy atom. The van der Waals surface area contributed by atoms with Gasteiger partial charge >= 0.3 is 0 Å². The molecule has 1 unspecified atom stereocenters. The molecule has 1 heterocycles. The van der Waals surface area contributed by atoms with E-state index in [0.717, 1.165) is 47.4 Å². The minimum Gasteiger partial charge on any atom is -0.497 e. The fraction of sp³-hybridized carbons (Fsp3) is 0.333. The van der Waals surface area contributed by atoms with Crippen molar-refractivity contribution < 1.29 is 14.3 Å². The number of hydrogen-bond acceptors (Lipinski definition) is 4. The summed E-state index contributed by atoms with van der Waals surface area (Å²) in [6.45, 7) is 0.339. The van der Waals surface area contributed by atoms with Crippen LogP contribution in [0.15, 0.2) is 72.1 Å². The zero-order valence-electron chi connectivity index (χ0n) is 18.9. The van der Waals surface area contributed by atoms with Gasteiger partial charge in [0.25, 0.3) is 0 Å². The van der Waals surface area contributed by atoms with Crippen molar-refractivity contribution in [3.8, 4) is 5.75 Å². The maximum Gasteiger partial charge on any atom is 0.247 e. The Morgan fingerprint density at radius 2 is 1.76 bits per heavy atom. The van der Waals surface area contributed by atoms with Crippen molar-refractivity contribution in [1.29, 1.82) is 0 Å². The molecule has 2 amide bonds. The molecular formula is C27H30N2O3S. The highest BCUT2D eigenvalue weighted by Gasteiger charge is 2.33. The minimum atomic E-state index is -0.693. The molecule has 1 N–H and O–H groups in total. The van der Waals surface area contributed by atoms with Gasteiger partial charge in [-0.3, -0.25) is 9.59 Å². The molecule has 1 atom stereocenters. The highest BCUT2D eigenvalue weighted by Crippen LogP contribution is 2.27. The second kappa shape index (κ2) is 11.1. The highest BCUT2D eigenvalue weighted by molar-refractivity contribution is 7.10. The smallest absolute Gasteiger partial charge is 0.247 e. The second-order valence-corrected chi connectivity index (χ2v) is 9.46.